The molecule has 4 N–H and O–H groups in total. The number of anilines is 2. The standard InChI is InChI=1S/C26H28Cl2IN6OP.C2H6/c1-26(2)15-35(10-9-32-26)18-6-4-17(5-7-18)25(36)33-24(30)19-8-3-16(12-23(19)34-37-29)11-20-21(27)13-31-14-22(20)28;1-2/h3-8,12-14,32,34,37H,9-11,15H2,1-2H3,(H2,30,33,36);1-2H3. The first-order valence-electron chi connectivity index (χ1n) is 12.7. The van der Waals surface area contributed by atoms with Crippen LogP contribution in [0.25, 0.3) is 0 Å². The Morgan fingerprint density at radius 1 is 1.18 bits per heavy atom. The van der Waals surface area contributed by atoms with Gasteiger partial charge in [0, 0.05) is 72.9 Å². The summed E-state index contributed by atoms with van der Waals surface area (Å²) < 4.78 is 0. The van der Waals surface area contributed by atoms with E-state index in [0.29, 0.717) is 34.0 Å². The number of hydrogen-bond acceptors (Lipinski definition) is 5. The summed E-state index contributed by atoms with van der Waals surface area (Å²) in [6, 6.07) is 13.3. The van der Waals surface area contributed by atoms with Crippen LogP contribution < -0.4 is 21.0 Å². The van der Waals surface area contributed by atoms with Gasteiger partial charge in [0.15, 0.2) is 0 Å². The van der Waals surface area contributed by atoms with Gasteiger partial charge in [-0.25, -0.2) is 0 Å². The molecule has 208 valence electrons. The minimum Gasteiger partial charge on any atom is -0.383 e. The van der Waals surface area contributed by atoms with E-state index in [1.807, 2.05) is 44.2 Å². The van der Waals surface area contributed by atoms with Crippen molar-refractivity contribution >= 4 is 74.7 Å². The molecule has 1 saturated heterocycles. The highest BCUT2D eigenvalue weighted by Gasteiger charge is 2.25. The summed E-state index contributed by atoms with van der Waals surface area (Å²) >= 11 is 14.8. The van der Waals surface area contributed by atoms with E-state index in [1.165, 1.54) is 0 Å². The first kappa shape index (κ1) is 31.6. The molecule has 1 amide bonds. The Kier molecular flexibility index (Phi) is 11.8. The quantitative estimate of drug-likeness (QED) is 0.106. The first-order valence-corrected chi connectivity index (χ1v) is 17.6. The number of amides is 1. The number of nitrogens with zero attached hydrogens (tertiary/aromatic N) is 3. The number of pyridine rings is 1. The molecule has 0 saturated carbocycles. The Labute approximate surface area is 255 Å². The summed E-state index contributed by atoms with van der Waals surface area (Å²) in [6.07, 6.45) is 4.09. The van der Waals surface area contributed by atoms with Crippen molar-refractivity contribution in [3.05, 3.63) is 87.2 Å². The number of carbonyl (C=O) groups excluding carboxylic acids is 1. The number of nitrogens with two attached hydrogens (primary N) is 1. The predicted octanol–water partition coefficient (Wildman–Crippen LogP) is 7.09. The van der Waals surface area contributed by atoms with E-state index in [4.69, 9.17) is 28.9 Å². The lowest BCUT2D eigenvalue weighted by Gasteiger charge is -2.40. The van der Waals surface area contributed by atoms with Crippen molar-refractivity contribution in [1.29, 1.82) is 0 Å². The second kappa shape index (κ2) is 14.6. The SMILES string of the molecule is CC.CC1(C)CN(c2ccc(C(=O)N=C(N)c3ccc(Cc4c(Cl)cncc4Cl)cc3NPI)cc2)CCN1. The van der Waals surface area contributed by atoms with E-state index in [-0.39, 0.29) is 17.3 Å². The Morgan fingerprint density at radius 3 is 2.46 bits per heavy atom. The van der Waals surface area contributed by atoms with Crippen LogP contribution in [0.4, 0.5) is 11.4 Å². The zero-order chi connectivity index (χ0) is 28.6. The van der Waals surface area contributed by atoms with Crippen molar-refractivity contribution in [2.45, 2.75) is 39.7 Å². The number of halogens is 3. The van der Waals surface area contributed by atoms with Gasteiger partial charge in [0.05, 0.1) is 10.0 Å². The first-order chi connectivity index (χ1) is 18.7. The van der Waals surface area contributed by atoms with Crippen molar-refractivity contribution in [2.75, 3.05) is 29.6 Å². The number of nitrogens with one attached hydrogen (secondary N) is 2. The summed E-state index contributed by atoms with van der Waals surface area (Å²) in [5.74, 6) is -0.228. The number of aliphatic imine (C=N–C) groups is 1. The molecule has 2 aromatic carbocycles. The molecule has 1 atom stereocenters. The zero-order valence-corrected chi connectivity index (χ0v) is 27.2. The van der Waals surface area contributed by atoms with E-state index in [0.717, 1.165) is 42.1 Å². The topological polar surface area (TPSA) is 95.6 Å². The van der Waals surface area contributed by atoms with Crippen molar-refractivity contribution < 1.29 is 4.79 Å². The van der Waals surface area contributed by atoms with Gasteiger partial charge in [-0.05, 0) is 83.4 Å². The molecule has 0 aliphatic carbocycles. The number of aromatic nitrogens is 1. The number of amidine groups is 1. The second-order valence-corrected chi connectivity index (χ2v) is 12.3. The second-order valence-electron chi connectivity index (χ2n) is 9.44. The van der Waals surface area contributed by atoms with E-state index in [2.05, 4.69) is 61.2 Å². The van der Waals surface area contributed by atoms with Crippen LogP contribution in [0.15, 0.2) is 59.9 Å². The number of carbonyl (C=O) groups is 1. The Balaban J connectivity index is 0.00000205. The third kappa shape index (κ3) is 8.51. The Morgan fingerprint density at radius 2 is 1.85 bits per heavy atom. The van der Waals surface area contributed by atoms with Gasteiger partial charge in [0.25, 0.3) is 5.91 Å². The minimum absolute atomic E-state index is 0.0438. The average Bonchev–Trinajstić information content (AvgIpc) is 2.92. The van der Waals surface area contributed by atoms with Gasteiger partial charge in [0.1, 0.15) is 5.84 Å². The van der Waals surface area contributed by atoms with E-state index in [9.17, 15) is 4.79 Å². The van der Waals surface area contributed by atoms with Crippen molar-refractivity contribution in [1.82, 2.24) is 10.3 Å². The van der Waals surface area contributed by atoms with E-state index >= 15 is 0 Å². The highest BCUT2D eigenvalue weighted by atomic mass is 127. The van der Waals surface area contributed by atoms with Gasteiger partial charge >= 0.3 is 0 Å². The van der Waals surface area contributed by atoms with Gasteiger partial charge in [-0.15, -0.1) is 0 Å². The van der Waals surface area contributed by atoms with E-state index in [1.54, 1.807) is 24.5 Å². The van der Waals surface area contributed by atoms with Gasteiger partial charge in [-0.2, -0.15) is 4.99 Å². The lowest BCUT2D eigenvalue weighted by Crippen LogP contribution is -2.57. The number of benzene rings is 2. The zero-order valence-electron chi connectivity index (χ0n) is 22.5. The molecule has 39 heavy (non-hydrogen) atoms. The molecule has 0 bridgehead atoms. The molecular weight excluding hydrogens is 665 g/mol. The maximum atomic E-state index is 12.9. The molecule has 4 rings (SSSR count). The van der Waals surface area contributed by atoms with Crippen molar-refractivity contribution in [2.24, 2.45) is 10.7 Å². The molecule has 0 spiro atoms. The molecule has 1 aliphatic heterocycles. The van der Waals surface area contributed by atoms with Crippen LogP contribution >= 0.6 is 51.6 Å². The minimum atomic E-state index is -0.382. The number of hydrogen-bond donors (Lipinski definition) is 3. The summed E-state index contributed by atoms with van der Waals surface area (Å²) in [4.78, 5) is 23.5. The maximum Gasteiger partial charge on any atom is 0.278 e. The van der Waals surface area contributed by atoms with Crippen LogP contribution in [0.2, 0.25) is 10.0 Å². The summed E-state index contributed by atoms with van der Waals surface area (Å²) in [6.45, 7) is 11.1. The fourth-order valence-corrected chi connectivity index (χ4v) is 5.98. The van der Waals surface area contributed by atoms with Crippen molar-refractivity contribution in [3.63, 3.8) is 0 Å². The molecule has 1 fully saturated rings. The van der Waals surface area contributed by atoms with Crippen LogP contribution in [0.1, 0.15) is 54.7 Å². The largest absolute Gasteiger partial charge is 0.383 e. The lowest BCUT2D eigenvalue weighted by atomic mass is 10.0. The maximum absolute atomic E-state index is 12.9. The van der Waals surface area contributed by atoms with Crippen LogP contribution in [-0.4, -0.2) is 41.9 Å². The normalized spacial score (nSPS) is 15.2. The number of piperazine rings is 1. The third-order valence-corrected chi connectivity index (χ3v) is 7.97. The fraction of sp³-hybridized carbons (Fsp3) is 0.321. The fourth-order valence-electron chi connectivity index (χ4n) is 4.30. The van der Waals surface area contributed by atoms with Gasteiger partial charge in [-0.3, -0.25) is 9.78 Å². The molecule has 7 nitrogen and oxygen atoms in total. The molecule has 3 aromatic rings. The summed E-state index contributed by atoms with van der Waals surface area (Å²) in [5, 5.41) is 7.87. The molecule has 1 aromatic heterocycles. The lowest BCUT2D eigenvalue weighted by molar-refractivity contribution is 0.100. The molecule has 11 heteroatoms. The molecule has 1 aliphatic rings. The Hall–Kier alpha value is -1.97. The summed E-state index contributed by atoms with van der Waals surface area (Å²) in [5.41, 5.74) is 11.2. The average molecular weight is 699 g/mol. The molecule has 1 unspecified atom stereocenters. The van der Waals surface area contributed by atoms with Gasteiger partial charge in [-0.1, -0.05) is 43.1 Å². The van der Waals surface area contributed by atoms with Gasteiger partial charge in [0.2, 0.25) is 0 Å². The molecule has 0 radical (unpaired) electrons. The molecule has 2 heterocycles. The van der Waals surface area contributed by atoms with Crippen molar-refractivity contribution in [3.8, 4) is 0 Å². The summed E-state index contributed by atoms with van der Waals surface area (Å²) in [7, 11) is 0. The highest BCUT2D eigenvalue weighted by molar-refractivity contribution is 14.2. The molecular formula is C28H34Cl2IN6OP. The number of rotatable bonds is 7. The van der Waals surface area contributed by atoms with Gasteiger partial charge < -0.3 is 21.0 Å². The monoisotopic (exact) mass is 698 g/mol. The van der Waals surface area contributed by atoms with Crippen LogP contribution in [0, 0.1) is 0 Å². The van der Waals surface area contributed by atoms with Crippen LogP contribution in [0.5, 0.6) is 0 Å². The smallest absolute Gasteiger partial charge is 0.278 e. The van der Waals surface area contributed by atoms with E-state index < -0.39 is 0 Å². The predicted molar refractivity (Wildman–Crippen MR) is 177 cm³/mol. The Bertz CT molecular complexity index is 1300. The van der Waals surface area contributed by atoms with Crippen LogP contribution in [-0.2, 0) is 6.42 Å². The highest BCUT2D eigenvalue weighted by Crippen LogP contribution is 2.31. The van der Waals surface area contributed by atoms with Crippen LogP contribution in [0.3, 0.4) is 0 Å². The third-order valence-electron chi connectivity index (χ3n) is 6.15.